The highest BCUT2D eigenvalue weighted by Crippen LogP contribution is 2.29. The molecule has 0 aromatic heterocycles. The van der Waals surface area contributed by atoms with E-state index in [1.165, 1.54) is 17.6 Å². The number of allylic oxidation sites excluding steroid dienone is 1. The minimum atomic E-state index is -0.446. The van der Waals surface area contributed by atoms with Crippen molar-refractivity contribution < 1.29 is 9.53 Å². The highest BCUT2D eigenvalue weighted by atomic mass is 16.5. The first kappa shape index (κ1) is 21.6. The zero-order valence-corrected chi connectivity index (χ0v) is 18.0. The number of nitrogens with zero attached hydrogens (tertiary/aromatic N) is 3. The summed E-state index contributed by atoms with van der Waals surface area (Å²) in [6.45, 7) is 9.90. The van der Waals surface area contributed by atoms with E-state index in [1.54, 1.807) is 24.3 Å². The molecule has 30 heavy (non-hydrogen) atoms. The summed E-state index contributed by atoms with van der Waals surface area (Å²) < 4.78 is 5.87. The first-order chi connectivity index (χ1) is 14.4. The summed E-state index contributed by atoms with van der Waals surface area (Å²) in [5.74, 6) is 0.983. The second kappa shape index (κ2) is 9.59. The average molecular weight is 407 g/mol. The SMILES string of the molecule is C=NN(C)/C(C)=C(\C)[C@@H]1CCCN1Cc1ccc(Oc2ccc(C(N)=O)cc2)cc1. The van der Waals surface area contributed by atoms with Gasteiger partial charge in [0.05, 0.1) is 0 Å². The Kier molecular flexibility index (Phi) is 6.90. The quantitative estimate of drug-likeness (QED) is 0.522. The van der Waals surface area contributed by atoms with E-state index in [-0.39, 0.29) is 0 Å². The zero-order chi connectivity index (χ0) is 21.7. The van der Waals surface area contributed by atoms with Crippen molar-refractivity contribution in [2.45, 2.75) is 39.3 Å². The topological polar surface area (TPSA) is 71.2 Å². The van der Waals surface area contributed by atoms with E-state index >= 15 is 0 Å². The normalized spacial score (nSPS) is 17.4. The third kappa shape index (κ3) is 5.07. The lowest BCUT2D eigenvalue weighted by atomic mass is 10.0. The van der Waals surface area contributed by atoms with Crippen LogP contribution in [0.5, 0.6) is 11.5 Å². The number of carbonyl (C=O) groups excluding carboxylic acids is 1. The maximum atomic E-state index is 11.2. The number of hydrogen-bond donors (Lipinski definition) is 1. The number of rotatable bonds is 8. The van der Waals surface area contributed by atoms with E-state index in [4.69, 9.17) is 10.5 Å². The van der Waals surface area contributed by atoms with Gasteiger partial charge in [-0.05, 0) is 80.8 Å². The molecule has 0 saturated carbocycles. The van der Waals surface area contributed by atoms with E-state index in [0.29, 0.717) is 17.4 Å². The van der Waals surface area contributed by atoms with Crippen LogP contribution in [-0.4, -0.2) is 42.2 Å². The maximum absolute atomic E-state index is 11.2. The number of primary amides is 1. The van der Waals surface area contributed by atoms with Crippen LogP contribution in [0.1, 0.15) is 42.6 Å². The molecule has 6 heteroatoms. The Bertz CT molecular complexity index is 919. The second-order valence-electron chi connectivity index (χ2n) is 7.70. The molecule has 1 fully saturated rings. The number of benzene rings is 2. The average Bonchev–Trinajstić information content (AvgIpc) is 3.22. The van der Waals surface area contributed by atoms with Crippen LogP contribution in [0, 0.1) is 0 Å². The lowest BCUT2D eigenvalue weighted by Gasteiger charge is -2.28. The van der Waals surface area contributed by atoms with Crippen molar-refractivity contribution in [2.24, 2.45) is 10.8 Å². The van der Waals surface area contributed by atoms with Gasteiger partial charge in [0.25, 0.3) is 0 Å². The predicted molar refractivity (Wildman–Crippen MR) is 121 cm³/mol. The van der Waals surface area contributed by atoms with Crippen LogP contribution < -0.4 is 10.5 Å². The molecule has 0 unspecified atom stereocenters. The molecule has 6 nitrogen and oxygen atoms in total. The highest BCUT2D eigenvalue weighted by molar-refractivity contribution is 5.92. The fraction of sp³-hybridized carbons (Fsp3) is 0.333. The van der Waals surface area contributed by atoms with Crippen molar-refractivity contribution in [1.82, 2.24) is 9.91 Å². The first-order valence-corrected chi connectivity index (χ1v) is 10.2. The number of nitrogens with two attached hydrogens (primary N) is 1. The molecule has 158 valence electrons. The molecule has 1 aliphatic heterocycles. The van der Waals surface area contributed by atoms with Crippen LogP contribution in [-0.2, 0) is 6.54 Å². The molecule has 2 aromatic rings. The molecule has 0 bridgehead atoms. The molecule has 0 spiro atoms. The summed E-state index contributed by atoms with van der Waals surface area (Å²) in [4.78, 5) is 13.7. The summed E-state index contributed by atoms with van der Waals surface area (Å²) in [5.41, 5.74) is 9.49. The van der Waals surface area contributed by atoms with Gasteiger partial charge >= 0.3 is 0 Å². The lowest BCUT2D eigenvalue weighted by molar-refractivity contribution is 0.100. The molecule has 1 aliphatic rings. The van der Waals surface area contributed by atoms with E-state index < -0.39 is 5.91 Å². The third-order valence-corrected chi connectivity index (χ3v) is 5.82. The van der Waals surface area contributed by atoms with Crippen molar-refractivity contribution in [3.05, 3.63) is 70.9 Å². The first-order valence-electron chi connectivity index (χ1n) is 10.2. The van der Waals surface area contributed by atoms with Gasteiger partial charge in [-0.2, -0.15) is 5.10 Å². The Labute approximate surface area is 178 Å². The molecular weight excluding hydrogens is 376 g/mol. The van der Waals surface area contributed by atoms with E-state index in [2.05, 4.69) is 42.7 Å². The van der Waals surface area contributed by atoms with E-state index in [9.17, 15) is 4.79 Å². The molecule has 1 heterocycles. The summed E-state index contributed by atoms with van der Waals surface area (Å²) in [6, 6.07) is 15.4. The largest absolute Gasteiger partial charge is 0.457 e. The summed E-state index contributed by atoms with van der Waals surface area (Å²) >= 11 is 0. The molecule has 2 aromatic carbocycles. The Morgan fingerprint density at radius 2 is 1.77 bits per heavy atom. The Hall–Kier alpha value is -3.12. The molecule has 2 N–H and O–H groups in total. The van der Waals surface area contributed by atoms with Gasteiger partial charge in [0.1, 0.15) is 11.5 Å². The van der Waals surface area contributed by atoms with Crippen LogP contribution in [0.2, 0.25) is 0 Å². The monoisotopic (exact) mass is 406 g/mol. The van der Waals surface area contributed by atoms with Crippen molar-refractivity contribution in [3.8, 4) is 11.5 Å². The van der Waals surface area contributed by atoms with Crippen LogP contribution in [0.15, 0.2) is 64.9 Å². The van der Waals surface area contributed by atoms with Gasteiger partial charge in [0.2, 0.25) is 5.91 Å². The van der Waals surface area contributed by atoms with Crippen LogP contribution >= 0.6 is 0 Å². The molecule has 1 saturated heterocycles. The number of ether oxygens (including phenoxy) is 1. The van der Waals surface area contributed by atoms with Crippen LogP contribution in [0.3, 0.4) is 0 Å². The minimum Gasteiger partial charge on any atom is -0.457 e. The molecule has 1 amide bonds. The fourth-order valence-electron chi connectivity index (χ4n) is 3.83. The number of amides is 1. The van der Waals surface area contributed by atoms with Gasteiger partial charge in [-0.3, -0.25) is 14.7 Å². The molecular formula is C24H30N4O2. The van der Waals surface area contributed by atoms with Crippen molar-refractivity contribution in [1.29, 1.82) is 0 Å². The van der Waals surface area contributed by atoms with Gasteiger partial charge < -0.3 is 10.5 Å². The minimum absolute atomic E-state index is 0.425. The van der Waals surface area contributed by atoms with Crippen LogP contribution in [0.25, 0.3) is 0 Å². The third-order valence-electron chi connectivity index (χ3n) is 5.82. The van der Waals surface area contributed by atoms with Crippen molar-refractivity contribution in [3.63, 3.8) is 0 Å². The standard InChI is InChI=1S/C24H30N4O2/c1-17(18(2)27(4)26-3)23-6-5-15-28(23)16-19-7-11-21(12-8-19)30-22-13-9-20(10-14-22)24(25)29/h7-14,23H,3,5-6,15-16H2,1-2,4H3,(H2,25,29)/b18-17+/t23-/m0/s1. The Morgan fingerprint density at radius 3 is 2.33 bits per heavy atom. The lowest BCUT2D eigenvalue weighted by Crippen LogP contribution is -2.31. The molecule has 1 atom stereocenters. The fourth-order valence-corrected chi connectivity index (χ4v) is 3.83. The van der Waals surface area contributed by atoms with E-state index in [0.717, 1.165) is 31.0 Å². The van der Waals surface area contributed by atoms with Crippen LogP contribution in [0.4, 0.5) is 0 Å². The molecule has 3 rings (SSSR count). The van der Waals surface area contributed by atoms with Gasteiger partial charge in [0.15, 0.2) is 0 Å². The second-order valence-corrected chi connectivity index (χ2v) is 7.70. The Morgan fingerprint density at radius 1 is 1.17 bits per heavy atom. The summed E-state index contributed by atoms with van der Waals surface area (Å²) in [6.07, 6.45) is 2.36. The van der Waals surface area contributed by atoms with Crippen molar-refractivity contribution in [2.75, 3.05) is 13.6 Å². The van der Waals surface area contributed by atoms with Gasteiger partial charge in [-0.15, -0.1) is 0 Å². The Balaban J connectivity index is 1.65. The number of hydrazone groups is 1. The highest BCUT2D eigenvalue weighted by Gasteiger charge is 2.27. The smallest absolute Gasteiger partial charge is 0.248 e. The summed E-state index contributed by atoms with van der Waals surface area (Å²) in [5, 5.41) is 5.86. The number of likely N-dealkylation sites (tertiary alicyclic amines) is 1. The zero-order valence-electron chi connectivity index (χ0n) is 18.0. The maximum Gasteiger partial charge on any atom is 0.248 e. The molecule has 0 radical (unpaired) electrons. The predicted octanol–water partition coefficient (Wildman–Crippen LogP) is 4.38. The van der Waals surface area contributed by atoms with E-state index in [1.807, 2.05) is 24.2 Å². The van der Waals surface area contributed by atoms with Crippen molar-refractivity contribution >= 4 is 12.6 Å². The number of carbonyl (C=O) groups is 1. The van der Waals surface area contributed by atoms with Gasteiger partial charge in [-0.25, -0.2) is 0 Å². The van der Waals surface area contributed by atoms with Gasteiger partial charge in [0, 0.05) is 37.6 Å². The number of hydrogen-bond acceptors (Lipinski definition) is 5. The summed E-state index contributed by atoms with van der Waals surface area (Å²) in [7, 11) is 1.94. The van der Waals surface area contributed by atoms with Gasteiger partial charge in [-0.1, -0.05) is 12.1 Å². The molecule has 0 aliphatic carbocycles.